The number of benzene rings is 2. The van der Waals surface area contributed by atoms with E-state index >= 15 is 0 Å². The van der Waals surface area contributed by atoms with Crippen molar-refractivity contribution >= 4 is 33.3 Å². The van der Waals surface area contributed by atoms with Crippen LogP contribution in [-0.4, -0.2) is 69.3 Å². The molecule has 2 amide bonds. The van der Waals surface area contributed by atoms with Gasteiger partial charge in [-0.3, -0.25) is 14.4 Å². The molecule has 1 heterocycles. The molecular formula is C28H30F4N2O9S. The first-order valence-corrected chi connectivity index (χ1v) is 14.9. The largest absolute Gasteiger partial charge is 0.501 e. The minimum Gasteiger partial charge on any atom is -0.496 e. The van der Waals surface area contributed by atoms with Crippen LogP contribution >= 0.6 is 0 Å². The molecule has 0 bridgehead atoms. The Morgan fingerprint density at radius 3 is 2.36 bits per heavy atom. The molecule has 1 aliphatic heterocycles. The van der Waals surface area contributed by atoms with Crippen LogP contribution in [0.2, 0.25) is 0 Å². The number of alkyl halides is 3. The maximum atomic E-state index is 14.9. The highest BCUT2D eigenvalue weighted by Crippen LogP contribution is 2.39. The summed E-state index contributed by atoms with van der Waals surface area (Å²) in [5.74, 6) is -4.63. The van der Waals surface area contributed by atoms with Crippen molar-refractivity contribution < 1.29 is 59.7 Å². The summed E-state index contributed by atoms with van der Waals surface area (Å²) in [6, 6.07) is 4.85. The van der Waals surface area contributed by atoms with E-state index in [-0.39, 0.29) is 36.0 Å². The zero-order valence-electron chi connectivity index (χ0n) is 23.6. The van der Waals surface area contributed by atoms with Crippen LogP contribution in [0, 0.1) is 17.2 Å². The molecule has 1 saturated heterocycles. The van der Waals surface area contributed by atoms with E-state index in [1.54, 1.807) is 6.92 Å². The normalized spacial score (nSPS) is 23.9. The highest BCUT2D eigenvalue weighted by molar-refractivity contribution is 7.92. The van der Waals surface area contributed by atoms with E-state index in [2.05, 4.69) is 10.6 Å². The Kier molecular flexibility index (Phi) is 9.44. The molecule has 0 aromatic heterocycles. The lowest BCUT2D eigenvalue weighted by Crippen LogP contribution is -2.44. The molecule has 1 aliphatic carbocycles. The monoisotopic (exact) mass is 646 g/mol. The smallest absolute Gasteiger partial charge is 0.496 e. The van der Waals surface area contributed by atoms with Crippen molar-refractivity contribution in [3.63, 3.8) is 0 Å². The summed E-state index contributed by atoms with van der Waals surface area (Å²) in [7, 11) is -4.42. The Labute approximate surface area is 249 Å². The average molecular weight is 647 g/mol. The lowest BCUT2D eigenvalue weighted by Gasteiger charge is -2.34. The van der Waals surface area contributed by atoms with Crippen molar-refractivity contribution in [1.82, 2.24) is 5.32 Å². The standard InChI is InChI=1S/C28H30F4N2O9S/c1-27(26(37)38)8-6-16(7-9-27)43-23-11-18(22(41-2)12-20(23)29)24(35)34-21-14-42-13-19(21)25(36)33-15-4-3-5-17(10-15)44(39,40)28(30,31)32/h3-5,10-12,16,19,21H,6-9,13-14H2,1-2H3,(H,33,36)(H,34,35)(H,37,38)/t16?,19-,21+,27?/m1/s1. The van der Waals surface area contributed by atoms with Crippen LogP contribution in [0.1, 0.15) is 43.0 Å². The zero-order chi connectivity index (χ0) is 32.4. The highest BCUT2D eigenvalue weighted by atomic mass is 32.2. The third-order valence-electron chi connectivity index (χ3n) is 7.80. The number of anilines is 1. The summed E-state index contributed by atoms with van der Waals surface area (Å²) < 4.78 is 93.5. The number of carboxylic acid groups (broad SMARTS) is 1. The first-order valence-electron chi connectivity index (χ1n) is 13.4. The fraction of sp³-hybridized carbons (Fsp3) is 0.464. The molecule has 240 valence electrons. The molecule has 0 radical (unpaired) electrons. The quantitative estimate of drug-likeness (QED) is 0.344. The fourth-order valence-corrected chi connectivity index (χ4v) is 5.83. The van der Waals surface area contributed by atoms with Crippen LogP contribution < -0.4 is 20.1 Å². The zero-order valence-corrected chi connectivity index (χ0v) is 24.4. The number of nitrogens with one attached hydrogen (secondary N) is 2. The first-order chi connectivity index (χ1) is 20.6. The van der Waals surface area contributed by atoms with E-state index in [0.29, 0.717) is 31.7 Å². The second kappa shape index (κ2) is 12.6. The van der Waals surface area contributed by atoms with Gasteiger partial charge in [0.1, 0.15) is 5.75 Å². The SMILES string of the molecule is COc1cc(F)c(OC2CCC(C)(C(=O)O)CC2)cc1C(=O)N[C@H]1COC[C@H]1C(=O)Nc1cccc(S(=O)(=O)C(F)(F)F)c1. The number of methoxy groups -OCH3 is 1. The van der Waals surface area contributed by atoms with Gasteiger partial charge in [0.2, 0.25) is 5.91 Å². The van der Waals surface area contributed by atoms with Gasteiger partial charge in [-0.25, -0.2) is 12.8 Å². The fourth-order valence-electron chi connectivity index (χ4n) is 5.02. The predicted molar refractivity (Wildman–Crippen MR) is 145 cm³/mol. The third-order valence-corrected chi connectivity index (χ3v) is 9.28. The van der Waals surface area contributed by atoms with Gasteiger partial charge in [0.05, 0.1) is 54.3 Å². The number of halogens is 4. The molecule has 2 atom stereocenters. The second-order valence-electron chi connectivity index (χ2n) is 10.9. The number of sulfone groups is 1. The Morgan fingerprint density at radius 2 is 1.75 bits per heavy atom. The first kappa shape index (κ1) is 33.0. The lowest BCUT2D eigenvalue weighted by atomic mass is 9.75. The summed E-state index contributed by atoms with van der Waals surface area (Å²) in [5.41, 5.74) is -6.77. The molecule has 0 spiro atoms. The molecule has 1 saturated carbocycles. The summed E-state index contributed by atoms with van der Waals surface area (Å²) in [6.07, 6.45) is 0.882. The summed E-state index contributed by atoms with van der Waals surface area (Å²) in [5, 5.41) is 14.4. The number of hydrogen-bond acceptors (Lipinski definition) is 8. The van der Waals surface area contributed by atoms with Gasteiger partial charge in [0, 0.05) is 11.8 Å². The summed E-state index contributed by atoms with van der Waals surface area (Å²) in [4.78, 5) is 36.7. The van der Waals surface area contributed by atoms with Gasteiger partial charge in [-0.1, -0.05) is 6.07 Å². The molecule has 11 nitrogen and oxygen atoms in total. The number of ether oxygens (including phenoxy) is 3. The maximum Gasteiger partial charge on any atom is 0.501 e. The van der Waals surface area contributed by atoms with Gasteiger partial charge >= 0.3 is 11.5 Å². The maximum absolute atomic E-state index is 14.9. The van der Waals surface area contributed by atoms with Crippen molar-refractivity contribution in [2.75, 3.05) is 25.6 Å². The van der Waals surface area contributed by atoms with Crippen LogP contribution in [0.3, 0.4) is 0 Å². The van der Waals surface area contributed by atoms with Crippen LogP contribution in [-0.2, 0) is 24.2 Å². The lowest BCUT2D eigenvalue weighted by molar-refractivity contribution is -0.150. The van der Waals surface area contributed by atoms with Crippen LogP contribution in [0.25, 0.3) is 0 Å². The second-order valence-corrected chi connectivity index (χ2v) is 12.8. The molecule has 3 N–H and O–H groups in total. The van der Waals surface area contributed by atoms with Crippen LogP contribution in [0.5, 0.6) is 11.5 Å². The number of rotatable bonds is 9. The number of aliphatic carboxylic acids is 1. The Morgan fingerprint density at radius 1 is 1.07 bits per heavy atom. The predicted octanol–water partition coefficient (Wildman–Crippen LogP) is 3.92. The molecule has 4 rings (SSSR count). The third kappa shape index (κ3) is 6.90. The van der Waals surface area contributed by atoms with E-state index in [1.807, 2.05) is 0 Å². The van der Waals surface area contributed by atoms with Crippen molar-refractivity contribution in [3.05, 3.63) is 47.8 Å². The Bertz CT molecular complexity index is 1540. The summed E-state index contributed by atoms with van der Waals surface area (Å²) >= 11 is 0. The molecule has 16 heteroatoms. The van der Waals surface area contributed by atoms with E-state index in [0.717, 1.165) is 24.3 Å². The molecule has 2 aromatic carbocycles. The topological polar surface area (TPSA) is 157 Å². The van der Waals surface area contributed by atoms with Gasteiger partial charge in [-0.2, -0.15) is 13.2 Å². The van der Waals surface area contributed by atoms with Crippen LogP contribution in [0.4, 0.5) is 23.2 Å². The van der Waals surface area contributed by atoms with Gasteiger partial charge in [-0.15, -0.1) is 0 Å². The van der Waals surface area contributed by atoms with Crippen molar-refractivity contribution in [1.29, 1.82) is 0 Å². The highest BCUT2D eigenvalue weighted by Gasteiger charge is 2.47. The minimum absolute atomic E-state index is 0.108. The van der Waals surface area contributed by atoms with Crippen molar-refractivity contribution in [2.45, 2.75) is 55.2 Å². The summed E-state index contributed by atoms with van der Waals surface area (Å²) in [6.45, 7) is 1.37. The molecule has 0 unspecified atom stereocenters. The molecule has 2 aromatic rings. The van der Waals surface area contributed by atoms with Crippen molar-refractivity contribution in [3.8, 4) is 11.5 Å². The molecule has 2 fully saturated rings. The van der Waals surface area contributed by atoms with E-state index in [1.165, 1.54) is 13.2 Å². The number of carboxylic acids is 1. The minimum atomic E-state index is -5.65. The number of hydrogen-bond donors (Lipinski definition) is 3. The molecular weight excluding hydrogens is 616 g/mol. The number of amides is 2. The van der Waals surface area contributed by atoms with E-state index in [4.69, 9.17) is 14.2 Å². The Hall–Kier alpha value is -3.92. The van der Waals surface area contributed by atoms with Gasteiger partial charge in [0.15, 0.2) is 11.6 Å². The molecule has 2 aliphatic rings. The van der Waals surface area contributed by atoms with Gasteiger partial charge < -0.3 is 30.0 Å². The average Bonchev–Trinajstić information content (AvgIpc) is 3.42. The van der Waals surface area contributed by atoms with Crippen LogP contribution in [0.15, 0.2) is 41.3 Å². The Balaban J connectivity index is 1.46. The van der Waals surface area contributed by atoms with Gasteiger partial charge in [0.25, 0.3) is 15.7 Å². The van der Waals surface area contributed by atoms with E-state index < -0.39 is 67.3 Å². The van der Waals surface area contributed by atoms with Gasteiger partial charge in [-0.05, 0) is 56.9 Å². The number of carbonyl (C=O) groups excluding carboxylic acids is 2. The van der Waals surface area contributed by atoms with E-state index in [9.17, 15) is 45.5 Å². The molecule has 44 heavy (non-hydrogen) atoms. The van der Waals surface area contributed by atoms with Crippen molar-refractivity contribution in [2.24, 2.45) is 11.3 Å². The number of carbonyl (C=O) groups is 3.